The summed E-state index contributed by atoms with van der Waals surface area (Å²) in [6.45, 7) is 2.12. The SMILES string of the molecule is O=c1[nH]c2ccccc2n1C1CCN(C2(c3ccccc3)CCCCCCCCC2)CC1. The number of piperidine rings is 1. The van der Waals surface area contributed by atoms with Gasteiger partial charge in [-0.25, -0.2) is 4.79 Å². The second-order valence-corrected chi connectivity index (χ2v) is 9.91. The van der Waals surface area contributed by atoms with Crippen molar-refractivity contribution in [3.05, 3.63) is 70.6 Å². The molecule has 3 aromatic rings. The average molecular weight is 432 g/mol. The van der Waals surface area contributed by atoms with Crippen LogP contribution in [-0.4, -0.2) is 27.5 Å². The van der Waals surface area contributed by atoms with Gasteiger partial charge < -0.3 is 4.98 Å². The first-order valence-corrected chi connectivity index (χ1v) is 12.8. The van der Waals surface area contributed by atoms with Gasteiger partial charge in [0.2, 0.25) is 0 Å². The van der Waals surface area contributed by atoms with Crippen LogP contribution in [0, 0.1) is 0 Å². The summed E-state index contributed by atoms with van der Waals surface area (Å²) in [6.07, 6.45) is 14.1. The minimum absolute atomic E-state index is 0.0427. The van der Waals surface area contributed by atoms with E-state index in [0.717, 1.165) is 37.0 Å². The number of H-pyrrole nitrogens is 1. The Kier molecular flexibility index (Phi) is 6.49. The van der Waals surface area contributed by atoms with E-state index in [1.165, 1.54) is 63.4 Å². The molecule has 0 unspecified atom stereocenters. The van der Waals surface area contributed by atoms with E-state index < -0.39 is 0 Å². The first-order chi connectivity index (χ1) is 15.8. The first kappa shape index (κ1) is 21.5. The van der Waals surface area contributed by atoms with Crippen molar-refractivity contribution in [3.63, 3.8) is 0 Å². The second kappa shape index (κ2) is 9.66. The van der Waals surface area contributed by atoms with Crippen molar-refractivity contribution in [2.75, 3.05) is 13.1 Å². The number of fused-ring (bicyclic) bond motifs is 1. The fourth-order valence-electron chi connectivity index (χ4n) is 6.37. The van der Waals surface area contributed by atoms with Crippen LogP contribution in [-0.2, 0) is 5.54 Å². The molecule has 1 aliphatic carbocycles. The number of hydrogen-bond donors (Lipinski definition) is 1. The summed E-state index contributed by atoms with van der Waals surface area (Å²) >= 11 is 0. The molecule has 2 heterocycles. The molecule has 4 nitrogen and oxygen atoms in total. The van der Waals surface area contributed by atoms with Crippen molar-refractivity contribution >= 4 is 11.0 Å². The van der Waals surface area contributed by atoms with Gasteiger partial charge in [0.05, 0.1) is 11.0 Å². The van der Waals surface area contributed by atoms with E-state index in [9.17, 15) is 4.79 Å². The number of aromatic nitrogens is 2. The molecule has 2 fully saturated rings. The van der Waals surface area contributed by atoms with Gasteiger partial charge in [-0.1, -0.05) is 87.4 Å². The summed E-state index contributed by atoms with van der Waals surface area (Å²) in [5.41, 5.74) is 3.69. The summed E-state index contributed by atoms with van der Waals surface area (Å²) in [5, 5.41) is 0. The Morgan fingerprint density at radius 1 is 0.750 bits per heavy atom. The number of imidazole rings is 1. The minimum Gasteiger partial charge on any atom is -0.306 e. The van der Waals surface area contributed by atoms with Crippen LogP contribution in [0.25, 0.3) is 11.0 Å². The van der Waals surface area contributed by atoms with E-state index in [-0.39, 0.29) is 17.3 Å². The number of likely N-dealkylation sites (tertiary alicyclic amines) is 1. The fraction of sp³-hybridized carbons (Fsp3) is 0.536. The zero-order valence-corrected chi connectivity index (χ0v) is 19.3. The monoisotopic (exact) mass is 431 g/mol. The predicted octanol–water partition coefficient (Wildman–Crippen LogP) is 6.39. The van der Waals surface area contributed by atoms with Crippen LogP contribution in [0.3, 0.4) is 0 Å². The van der Waals surface area contributed by atoms with Crippen molar-refractivity contribution in [2.45, 2.75) is 82.2 Å². The maximum atomic E-state index is 12.8. The molecule has 0 atom stereocenters. The van der Waals surface area contributed by atoms with E-state index in [1.807, 2.05) is 22.8 Å². The Bertz CT molecular complexity index is 1050. The molecule has 1 N–H and O–H groups in total. The lowest BCUT2D eigenvalue weighted by Crippen LogP contribution is -2.50. The van der Waals surface area contributed by atoms with E-state index in [0.29, 0.717) is 0 Å². The maximum Gasteiger partial charge on any atom is 0.326 e. The molecule has 2 aliphatic rings. The minimum atomic E-state index is 0.0427. The number of nitrogens with one attached hydrogen (secondary N) is 1. The molecule has 170 valence electrons. The highest BCUT2D eigenvalue weighted by atomic mass is 16.1. The number of nitrogens with zero attached hydrogens (tertiary/aromatic N) is 2. The van der Waals surface area contributed by atoms with Crippen LogP contribution in [0.2, 0.25) is 0 Å². The molecule has 4 heteroatoms. The molecule has 5 rings (SSSR count). The first-order valence-electron chi connectivity index (χ1n) is 12.8. The number of aromatic amines is 1. The lowest BCUT2D eigenvalue weighted by atomic mass is 9.77. The summed E-state index contributed by atoms with van der Waals surface area (Å²) in [7, 11) is 0. The van der Waals surface area contributed by atoms with Crippen LogP contribution in [0.15, 0.2) is 59.4 Å². The number of hydrogen-bond acceptors (Lipinski definition) is 2. The second-order valence-electron chi connectivity index (χ2n) is 9.91. The Balaban J connectivity index is 1.41. The van der Waals surface area contributed by atoms with E-state index in [2.05, 4.69) is 46.3 Å². The van der Waals surface area contributed by atoms with Gasteiger partial charge in [0.25, 0.3) is 0 Å². The quantitative estimate of drug-likeness (QED) is 0.522. The smallest absolute Gasteiger partial charge is 0.306 e. The highest BCUT2D eigenvalue weighted by molar-refractivity contribution is 5.75. The largest absolute Gasteiger partial charge is 0.326 e. The van der Waals surface area contributed by atoms with Crippen molar-refractivity contribution in [1.29, 1.82) is 0 Å². The molecule has 1 aliphatic heterocycles. The average Bonchev–Trinajstić information content (AvgIpc) is 3.19. The van der Waals surface area contributed by atoms with Crippen LogP contribution in [0.5, 0.6) is 0 Å². The Morgan fingerprint density at radius 3 is 2.03 bits per heavy atom. The normalized spacial score (nSPS) is 21.5. The molecule has 2 aromatic carbocycles. The van der Waals surface area contributed by atoms with Crippen LogP contribution >= 0.6 is 0 Å². The zero-order chi connectivity index (χ0) is 21.8. The van der Waals surface area contributed by atoms with E-state index in [4.69, 9.17) is 0 Å². The van der Waals surface area contributed by atoms with E-state index >= 15 is 0 Å². The highest BCUT2D eigenvalue weighted by Gasteiger charge is 2.39. The van der Waals surface area contributed by atoms with Gasteiger partial charge in [-0.15, -0.1) is 0 Å². The van der Waals surface area contributed by atoms with Gasteiger partial charge in [-0.3, -0.25) is 9.47 Å². The summed E-state index contributed by atoms with van der Waals surface area (Å²) in [5.74, 6) is 0. The van der Waals surface area contributed by atoms with Gasteiger partial charge in [-0.05, 0) is 43.4 Å². The van der Waals surface area contributed by atoms with Crippen molar-refractivity contribution < 1.29 is 0 Å². The topological polar surface area (TPSA) is 41.0 Å². The zero-order valence-electron chi connectivity index (χ0n) is 19.3. The molecule has 0 amide bonds. The Morgan fingerprint density at radius 2 is 1.34 bits per heavy atom. The molecular weight excluding hydrogens is 394 g/mol. The molecule has 0 spiro atoms. The molecular formula is C28H37N3O. The molecule has 32 heavy (non-hydrogen) atoms. The number of benzene rings is 2. The molecule has 0 radical (unpaired) electrons. The molecule has 1 aromatic heterocycles. The summed E-state index contributed by atoms with van der Waals surface area (Å²) in [6, 6.07) is 19.7. The molecule has 0 bridgehead atoms. The summed E-state index contributed by atoms with van der Waals surface area (Å²) in [4.78, 5) is 18.6. The summed E-state index contributed by atoms with van der Waals surface area (Å²) < 4.78 is 2.02. The van der Waals surface area contributed by atoms with Crippen molar-refractivity contribution in [3.8, 4) is 0 Å². The highest BCUT2D eigenvalue weighted by Crippen LogP contribution is 2.42. The molecule has 1 saturated heterocycles. The number of para-hydroxylation sites is 2. The van der Waals surface area contributed by atoms with Gasteiger partial charge in [0.15, 0.2) is 0 Å². The Hall–Kier alpha value is -2.33. The van der Waals surface area contributed by atoms with Crippen molar-refractivity contribution in [1.82, 2.24) is 14.5 Å². The third-order valence-electron chi connectivity index (χ3n) is 8.05. The van der Waals surface area contributed by atoms with Crippen LogP contribution in [0.1, 0.15) is 82.2 Å². The van der Waals surface area contributed by atoms with E-state index in [1.54, 1.807) is 0 Å². The van der Waals surface area contributed by atoms with Gasteiger partial charge in [0.1, 0.15) is 0 Å². The van der Waals surface area contributed by atoms with Crippen LogP contribution in [0.4, 0.5) is 0 Å². The lowest BCUT2D eigenvalue weighted by molar-refractivity contribution is 0.0290. The lowest BCUT2D eigenvalue weighted by Gasteiger charge is -2.48. The fourth-order valence-corrected chi connectivity index (χ4v) is 6.37. The predicted molar refractivity (Wildman–Crippen MR) is 132 cm³/mol. The van der Waals surface area contributed by atoms with Gasteiger partial charge in [-0.2, -0.15) is 0 Å². The van der Waals surface area contributed by atoms with Crippen molar-refractivity contribution in [2.24, 2.45) is 0 Å². The standard InChI is InChI=1S/C28H37N3O/c32-27-29-25-15-9-10-16-26(25)31(27)24-17-21-30(22-18-24)28(23-13-7-6-8-14-23)19-11-4-2-1-3-5-12-20-28/h6-10,13-16,24H,1-5,11-12,17-22H2,(H,29,32). The van der Waals surface area contributed by atoms with Gasteiger partial charge in [0, 0.05) is 24.7 Å². The maximum absolute atomic E-state index is 12.8. The van der Waals surface area contributed by atoms with Gasteiger partial charge >= 0.3 is 5.69 Å². The third-order valence-corrected chi connectivity index (χ3v) is 8.05. The molecule has 1 saturated carbocycles. The Labute approximate surface area is 191 Å². The number of rotatable bonds is 3. The van der Waals surface area contributed by atoms with Crippen LogP contribution < -0.4 is 5.69 Å². The third kappa shape index (κ3) is 4.17.